The van der Waals surface area contributed by atoms with E-state index in [1.165, 1.54) is 6.07 Å². The molecule has 0 bridgehead atoms. The summed E-state index contributed by atoms with van der Waals surface area (Å²) < 4.78 is 10.5. The number of methoxy groups -OCH3 is 2. The van der Waals surface area contributed by atoms with Crippen LogP contribution in [0.3, 0.4) is 0 Å². The predicted octanol–water partition coefficient (Wildman–Crippen LogP) is 3.42. The maximum Gasteiger partial charge on any atom is 0.274 e. The maximum absolute atomic E-state index is 11.1. The van der Waals surface area contributed by atoms with Crippen molar-refractivity contribution in [1.29, 1.82) is 0 Å². The lowest BCUT2D eigenvalue weighted by molar-refractivity contribution is -0.385. The molecular formula is C17H21IN4O4. The molecular weight excluding hydrogens is 451 g/mol. The number of guanidine groups is 1. The molecule has 0 atom stereocenters. The van der Waals surface area contributed by atoms with Crippen molar-refractivity contribution in [3.8, 4) is 11.5 Å². The second-order valence-electron chi connectivity index (χ2n) is 5.01. The van der Waals surface area contributed by atoms with E-state index in [0.29, 0.717) is 23.0 Å². The highest BCUT2D eigenvalue weighted by Crippen LogP contribution is 2.29. The summed E-state index contributed by atoms with van der Waals surface area (Å²) in [6.45, 7) is 0.268. The molecule has 0 saturated carbocycles. The number of nitrogens with one attached hydrogen (secondary N) is 2. The van der Waals surface area contributed by atoms with Gasteiger partial charge in [0.15, 0.2) is 17.5 Å². The zero-order chi connectivity index (χ0) is 18.2. The summed E-state index contributed by atoms with van der Waals surface area (Å²) >= 11 is 0. The molecule has 2 aromatic rings. The molecule has 0 aliphatic carbocycles. The van der Waals surface area contributed by atoms with E-state index < -0.39 is 4.92 Å². The highest BCUT2D eigenvalue weighted by molar-refractivity contribution is 14.0. The topological polar surface area (TPSA) is 98.0 Å². The molecule has 0 amide bonds. The Kier molecular flexibility index (Phi) is 8.62. The fourth-order valence-corrected chi connectivity index (χ4v) is 2.25. The molecule has 26 heavy (non-hydrogen) atoms. The van der Waals surface area contributed by atoms with Gasteiger partial charge in [0.2, 0.25) is 0 Å². The predicted molar refractivity (Wildman–Crippen MR) is 112 cm³/mol. The molecule has 8 nitrogen and oxygen atoms in total. The maximum atomic E-state index is 11.1. The van der Waals surface area contributed by atoms with Gasteiger partial charge in [-0.05, 0) is 12.1 Å². The monoisotopic (exact) mass is 472 g/mol. The van der Waals surface area contributed by atoms with E-state index in [-0.39, 0.29) is 36.2 Å². The van der Waals surface area contributed by atoms with Crippen LogP contribution in [0.1, 0.15) is 5.56 Å². The SMILES string of the molecule is CN=C(NCc1ccccc1[N+](=O)[O-])Nc1ccc(OC)c(OC)c1.I. The molecule has 0 saturated heterocycles. The molecule has 2 N–H and O–H groups in total. The summed E-state index contributed by atoms with van der Waals surface area (Å²) in [4.78, 5) is 14.8. The molecule has 0 spiro atoms. The Morgan fingerprint density at radius 3 is 2.46 bits per heavy atom. The normalized spacial score (nSPS) is 10.5. The number of anilines is 1. The van der Waals surface area contributed by atoms with Gasteiger partial charge in [0.25, 0.3) is 5.69 Å². The molecule has 140 valence electrons. The summed E-state index contributed by atoms with van der Waals surface area (Å²) in [5, 5.41) is 17.2. The number of benzene rings is 2. The number of hydrogen-bond donors (Lipinski definition) is 2. The zero-order valence-corrected chi connectivity index (χ0v) is 17.0. The van der Waals surface area contributed by atoms with E-state index in [2.05, 4.69) is 15.6 Å². The average Bonchev–Trinajstić information content (AvgIpc) is 2.64. The molecule has 0 aromatic heterocycles. The number of hydrogen-bond acceptors (Lipinski definition) is 5. The third kappa shape index (κ3) is 5.48. The first-order valence-electron chi connectivity index (χ1n) is 7.51. The van der Waals surface area contributed by atoms with Crippen LogP contribution in [0.2, 0.25) is 0 Å². The number of halogens is 1. The Morgan fingerprint density at radius 1 is 1.15 bits per heavy atom. The average molecular weight is 472 g/mol. The van der Waals surface area contributed by atoms with Crippen molar-refractivity contribution in [2.24, 2.45) is 4.99 Å². The van der Waals surface area contributed by atoms with Crippen LogP contribution < -0.4 is 20.1 Å². The first-order chi connectivity index (χ1) is 12.1. The molecule has 0 radical (unpaired) electrons. The number of aliphatic imine (C=N–C) groups is 1. The fourth-order valence-electron chi connectivity index (χ4n) is 2.25. The summed E-state index contributed by atoms with van der Waals surface area (Å²) in [7, 11) is 4.75. The van der Waals surface area contributed by atoms with Crippen molar-refractivity contribution in [2.75, 3.05) is 26.6 Å². The van der Waals surface area contributed by atoms with Crippen LogP contribution in [0, 0.1) is 10.1 Å². The van der Waals surface area contributed by atoms with Crippen LogP contribution in [0.15, 0.2) is 47.5 Å². The number of para-hydroxylation sites is 1. The molecule has 0 aliphatic rings. The molecule has 2 rings (SSSR count). The summed E-state index contributed by atoms with van der Waals surface area (Å²) in [5.41, 5.74) is 1.38. The molecule has 0 heterocycles. The van der Waals surface area contributed by atoms with Crippen molar-refractivity contribution < 1.29 is 14.4 Å². The Morgan fingerprint density at radius 2 is 1.85 bits per heavy atom. The summed E-state index contributed by atoms with van der Waals surface area (Å²) in [6.07, 6.45) is 0. The standard InChI is InChI=1S/C17H20N4O4.HI/c1-18-17(19-11-12-6-4-5-7-14(12)21(22)23)20-13-8-9-15(24-2)16(10-13)25-3;/h4-10H,11H2,1-3H3,(H2,18,19,20);1H. The molecule has 0 fully saturated rings. The minimum atomic E-state index is -0.401. The van der Waals surface area contributed by atoms with Crippen molar-refractivity contribution in [3.05, 3.63) is 58.1 Å². The number of nitro benzene ring substituents is 1. The van der Waals surface area contributed by atoms with Gasteiger partial charge >= 0.3 is 0 Å². The quantitative estimate of drug-likeness (QED) is 0.220. The third-order valence-electron chi connectivity index (χ3n) is 3.50. The minimum absolute atomic E-state index is 0. The van der Waals surface area contributed by atoms with Crippen LogP contribution in [-0.4, -0.2) is 32.2 Å². The second-order valence-corrected chi connectivity index (χ2v) is 5.01. The van der Waals surface area contributed by atoms with Crippen molar-refractivity contribution in [1.82, 2.24) is 5.32 Å². The number of nitro groups is 1. The van der Waals surface area contributed by atoms with Crippen LogP contribution in [-0.2, 0) is 6.54 Å². The van der Waals surface area contributed by atoms with Crippen LogP contribution >= 0.6 is 24.0 Å². The van der Waals surface area contributed by atoms with Crippen LogP contribution in [0.4, 0.5) is 11.4 Å². The Labute approximate surface area is 168 Å². The number of rotatable bonds is 6. The van der Waals surface area contributed by atoms with Gasteiger partial charge in [-0.15, -0.1) is 24.0 Å². The van der Waals surface area contributed by atoms with Crippen LogP contribution in [0.25, 0.3) is 0 Å². The molecule has 2 aromatic carbocycles. The van der Waals surface area contributed by atoms with Gasteiger partial charge in [0.1, 0.15) is 0 Å². The smallest absolute Gasteiger partial charge is 0.274 e. The molecule has 9 heteroatoms. The van der Waals surface area contributed by atoms with E-state index >= 15 is 0 Å². The fraction of sp³-hybridized carbons (Fsp3) is 0.235. The first kappa shape index (κ1) is 21.5. The van der Waals surface area contributed by atoms with Crippen molar-refractivity contribution in [3.63, 3.8) is 0 Å². The highest BCUT2D eigenvalue weighted by Gasteiger charge is 2.12. The number of nitrogens with zero attached hydrogens (tertiary/aromatic N) is 2. The number of ether oxygens (including phenoxy) is 2. The summed E-state index contributed by atoms with van der Waals surface area (Å²) in [5.74, 6) is 1.68. The van der Waals surface area contributed by atoms with E-state index in [1.54, 1.807) is 51.6 Å². The minimum Gasteiger partial charge on any atom is -0.493 e. The molecule has 0 unspecified atom stereocenters. The van der Waals surface area contributed by atoms with E-state index in [9.17, 15) is 10.1 Å². The van der Waals surface area contributed by atoms with Crippen molar-refractivity contribution >= 4 is 41.3 Å². The van der Waals surface area contributed by atoms with Gasteiger partial charge in [-0.25, -0.2) is 0 Å². The van der Waals surface area contributed by atoms with Gasteiger partial charge in [-0.1, -0.05) is 18.2 Å². The lowest BCUT2D eigenvalue weighted by atomic mass is 10.2. The van der Waals surface area contributed by atoms with Gasteiger partial charge in [-0.3, -0.25) is 15.1 Å². The summed E-state index contributed by atoms with van der Waals surface area (Å²) in [6, 6.07) is 11.9. The largest absolute Gasteiger partial charge is 0.493 e. The van der Waals surface area contributed by atoms with E-state index in [0.717, 1.165) is 5.69 Å². The molecule has 0 aliphatic heterocycles. The van der Waals surface area contributed by atoms with Gasteiger partial charge in [0, 0.05) is 37.0 Å². The third-order valence-corrected chi connectivity index (χ3v) is 3.50. The van der Waals surface area contributed by atoms with Gasteiger partial charge in [0.05, 0.1) is 19.1 Å². The second kappa shape index (κ2) is 10.4. The van der Waals surface area contributed by atoms with Gasteiger partial charge in [-0.2, -0.15) is 0 Å². The van der Waals surface area contributed by atoms with E-state index in [4.69, 9.17) is 9.47 Å². The highest BCUT2D eigenvalue weighted by atomic mass is 127. The van der Waals surface area contributed by atoms with Gasteiger partial charge < -0.3 is 20.1 Å². The zero-order valence-electron chi connectivity index (χ0n) is 14.7. The Balaban J connectivity index is 0.00000338. The lowest BCUT2D eigenvalue weighted by Crippen LogP contribution is -2.30. The Bertz CT molecular complexity index is 783. The Hall–Kier alpha value is -2.56. The van der Waals surface area contributed by atoms with Crippen molar-refractivity contribution in [2.45, 2.75) is 6.54 Å². The lowest BCUT2D eigenvalue weighted by Gasteiger charge is -2.14. The van der Waals surface area contributed by atoms with Crippen LogP contribution in [0.5, 0.6) is 11.5 Å². The van der Waals surface area contributed by atoms with E-state index in [1.807, 2.05) is 6.07 Å². The first-order valence-corrected chi connectivity index (χ1v) is 7.51.